The zero-order valence-electron chi connectivity index (χ0n) is 14.5. The summed E-state index contributed by atoms with van der Waals surface area (Å²) in [6, 6.07) is 27.3. The second-order valence-electron chi connectivity index (χ2n) is 5.88. The summed E-state index contributed by atoms with van der Waals surface area (Å²) in [7, 11) is 0. The maximum absolute atomic E-state index is 11.9. The quantitative estimate of drug-likeness (QED) is 0.627. The van der Waals surface area contributed by atoms with Gasteiger partial charge in [-0.1, -0.05) is 48.5 Å². The molecule has 26 heavy (non-hydrogen) atoms. The molecular formula is C22H22N2O2. The van der Waals surface area contributed by atoms with Crippen LogP contribution in [0.15, 0.2) is 84.9 Å². The first-order chi connectivity index (χ1) is 12.8. The number of carbonyl (C=O) groups is 1. The topological polar surface area (TPSA) is 50.4 Å². The van der Waals surface area contributed by atoms with E-state index in [0.717, 1.165) is 22.7 Å². The van der Waals surface area contributed by atoms with Crippen molar-refractivity contribution in [3.05, 3.63) is 90.5 Å². The van der Waals surface area contributed by atoms with E-state index in [-0.39, 0.29) is 5.91 Å². The minimum atomic E-state index is 0.0328. The average Bonchev–Trinajstić information content (AvgIpc) is 2.69. The van der Waals surface area contributed by atoms with E-state index in [0.29, 0.717) is 19.5 Å². The molecule has 0 radical (unpaired) electrons. The van der Waals surface area contributed by atoms with Crippen LogP contribution in [-0.2, 0) is 11.3 Å². The summed E-state index contributed by atoms with van der Waals surface area (Å²) >= 11 is 0. The van der Waals surface area contributed by atoms with E-state index in [4.69, 9.17) is 4.74 Å². The lowest BCUT2D eigenvalue weighted by Crippen LogP contribution is -2.24. The minimum absolute atomic E-state index is 0.0328. The Morgan fingerprint density at radius 2 is 1.38 bits per heavy atom. The van der Waals surface area contributed by atoms with Gasteiger partial charge in [0, 0.05) is 25.2 Å². The monoisotopic (exact) mass is 346 g/mol. The fraction of sp³-hybridized carbons (Fsp3) is 0.136. The third kappa shape index (κ3) is 5.67. The number of hydrogen-bond donors (Lipinski definition) is 2. The second kappa shape index (κ2) is 9.28. The molecule has 4 heteroatoms. The summed E-state index contributed by atoms with van der Waals surface area (Å²) in [5.74, 6) is 1.62. The van der Waals surface area contributed by atoms with Crippen molar-refractivity contribution in [2.24, 2.45) is 0 Å². The molecule has 0 aliphatic rings. The predicted octanol–water partition coefficient (Wildman–Crippen LogP) is 4.60. The van der Waals surface area contributed by atoms with Crippen LogP contribution in [0.4, 0.5) is 5.69 Å². The maximum atomic E-state index is 11.9. The molecule has 0 fully saturated rings. The van der Waals surface area contributed by atoms with Crippen molar-refractivity contribution in [2.75, 3.05) is 11.9 Å². The van der Waals surface area contributed by atoms with Gasteiger partial charge in [0.2, 0.25) is 5.91 Å². The number of amides is 1. The van der Waals surface area contributed by atoms with E-state index in [1.54, 1.807) is 0 Å². The first-order valence-corrected chi connectivity index (χ1v) is 8.67. The number of carbonyl (C=O) groups excluding carboxylic acids is 1. The van der Waals surface area contributed by atoms with Crippen LogP contribution in [0.1, 0.15) is 12.0 Å². The van der Waals surface area contributed by atoms with Crippen LogP contribution in [0.3, 0.4) is 0 Å². The number of anilines is 1. The van der Waals surface area contributed by atoms with Gasteiger partial charge in [0.15, 0.2) is 0 Å². The number of nitrogens with one attached hydrogen (secondary N) is 2. The van der Waals surface area contributed by atoms with Gasteiger partial charge in [0.1, 0.15) is 11.5 Å². The van der Waals surface area contributed by atoms with Crippen LogP contribution >= 0.6 is 0 Å². The fourth-order valence-corrected chi connectivity index (χ4v) is 2.47. The number of ether oxygens (including phenoxy) is 1. The largest absolute Gasteiger partial charge is 0.457 e. The molecule has 0 saturated carbocycles. The number of rotatable bonds is 8. The van der Waals surface area contributed by atoms with Crippen molar-refractivity contribution in [1.82, 2.24) is 5.32 Å². The molecule has 0 aliphatic carbocycles. The molecule has 0 aliphatic heterocycles. The molecule has 2 N–H and O–H groups in total. The summed E-state index contributed by atoms with van der Waals surface area (Å²) in [5.41, 5.74) is 2.06. The Kier molecular flexibility index (Phi) is 6.26. The van der Waals surface area contributed by atoms with Gasteiger partial charge in [0.25, 0.3) is 0 Å². The Morgan fingerprint density at radius 1 is 0.769 bits per heavy atom. The molecule has 132 valence electrons. The highest BCUT2D eigenvalue weighted by atomic mass is 16.5. The zero-order valence-corrected chi connectivity index (χ0v) is 14.5. The van der Waals surface area contributed by atoms with Crippen molar-refractivity contribution < 1.29 is 9.53 Å². The van der Waals surface area contributed by atoms with Crippen molar-refractivity contribution >= 4 is 11.6 Å². The minimum Gasteiger partial charge on any atom is -0.457 e. The first kappa shape index (κ1) is 17.5. The SMILES string of the molecule is O=C(CCNc1ccc(Oc2ccccc2)cc1)NCc1ccccc1. The van der Waals surface area contributed by atoms with Gasteiger partial charge in [-0.05, 0) is 42.0 Å². The van der Waals surface area contributed by atoms with Gasteiger partial charge in [-0.2, -0.15) is 0 Å². The lowest BCUT2D eigenvalue weighted by Gasteiger charge is -2.09. The van der Waals surface area contributed by atoms with Crippen molar-refractivity contribution in [3.8, 4) is 11.5 Å². The van der Waals surface area contributed by atoms with Gasteiger partial charge in [-0.3, -0.25) is 4.79 Å². The predicted molar refractivity (Wildman–Crippen MR) is 104 cm³/mol. The summed E-state index contributed by atoms with van der Waals surface area (Å²) in [5, 5.41) is 6.17. The Bertz CT molecular complexity index is 803. The zero-order chi connectivity index (χ0) is 18.0. The normalized spacial score (nSPS) is 10.2. The number of benzene rings is 3. The molecule has 3 aromatic carbocycles. The Balaban J connectivity index is 1.38. The molecule has 0 spiro atoms. The van der Waals surface area contributed by atoms with Crippen LogP contribution in [0.5, 0.6) is 11.5 Å². The van der Waals surface area contributed by atoms with Gasteiger partial charge >= 0.3 is 0 Å². The van der Waals surface area contributed by atoms with Crippen molar-refractivity contribution in [3.63, 3.8) is 0 Å². The lowest BCUT2D eigenvalue weighted by molar-refractivity contribution is -0.121. The lowest BCUT2D eigenvalue weighted by atomic mass is 10.2. The Hall–Kier alpha value is -3.27. The molecular weight excluding hydrogens is 324 g/mol. The molecule has 0 saturated heterocycles. The summed E-state index contributed by atoms with van der Waals surface area (Å²) in [6.45, 7) is 1.14. The Labute approximate surface area is 153 Å². The molecule has 3 aromatic rings. The van der Waals surface area contributed by atoms with Crippen molar-refractivity contribution in [1.29, 1.82) is 0 Å². The van der Waals surface area contributed by atoms with Crippen molar-refractivity contribution in [2.45, 2.75) is 13.0 Å². The third-order valence-electron chi connectivity index (χ3n) is 3.85. The van der Waals surface area contributed by atoms with Gasteiger partial charge in [-0.25, -0.2) is 0 Å². The molecule has 4 nitrogen and oxygen atoms in total. The van der Waals surface area contributed by atoms with Crippen LogP contribution in [-0.4, -0.2) is 12.5 Å². The van der Waals surface area contributed by atoms with Crippen LogP contribution in [0.2, 0.25) is 0 Å². The first-order valence-electron chi connectivity index (χ1n) is 8.67. The number of hydrogen-bond acceptors (Lipinski definition) is 3. The van der Waals surface area contributed by atoms with E-state index < -0.39 is 0 Å². The van der Waals surface area contributed by atoms with E-state index in [9.17, 15) is 4.79 Å². The Morgan fingerprint density at radius 3 is 2.08 bits per heavy atom. The highest BCUT2D eigenvalue weighted by Crippen LogP contribution is 2.22. The second-order valence-corrected chi connectivity index (χ2v) is 5.88. The molecule has 0 atom stereocenters. The highest BCUT2D eigenvalue weighted by molar-refractivity contribution is 5.76. The van der Waals surface area contributed by atoms with E-state index in [1.165, 1.54) is 0 Å². The summed E-state index contributed by atoms with van der Waals surface area (Å²) in [4.78, 5) is 11.9. The van der Waals surface area contributed by atoms with Crippen LogP contribution < -0.4 is 15.4 Å². The van der Waals surface area contributed by atoms with E-state index in [2.05, 4.69) is 10.6 Å². The van der Waals surface area contributed by atoms with Gasteiger partial charge in [0.05, 0.1) is 0 Å². The number of para-hydroxylation sites is 1. The smallest absolute Gasteiger partial charge is 0.222 e. The maximum Gasteiger partial charge on any atom is 0.222 e. The molecule has 3 rings (SSSR count). The van der Waals surface area contributed by atoms with Gasteiger partial charge in [-0.15, -0.1) is 0 Å². The highest BCUT2D eigenvalue weighted by Gasteiger charge is 2.02. The van der Waals surface area contributed by atoms with E-state index in [1.807, 2.05) is 84.9 Å². The molecule has 0 heterocycles. The molecule has 1 amide bonds. The summed E-state index contributed by atoms with van der Waals surface area (Å²) in [6.07, 6.45) is 0.426. The third-order valence-corrected chi connectivity index (χ3v) is 3.85. The van der Waals surface area contributed by atoms with Gasteiger partial charge < -0.3 is 15.4 Å². The molecule has 0 bridgehead atoms. The standard InChI is InChI=1S/C22H22N2O2/c25-22(24-17-18-7-3-1-4-8-18)15-16-23-19-11-13-21(14-12-19)26-20-9-5-2-6-10-20/h1-14,23H,15-17H2,(H,24,25). The average molecular weight is 346 g/mol. The summed E-state index contributed by atoms with van der Waals surface area (Å²) < 4.78 is 5.76. The van der Waals surface area contributed by atoms with Crippen LogP contribution in [0.25, 0.3) is 0 Å². The van der Waals surface area contributed by atoms with E-state index >= 15 is 0 Å². The molecule has 0 unspecified atom stereocenters. The fourth-order valence-electron chi connectivity index (χ4n) is 2.47. The van der Waals surface area contributed by atoms with Crippen LogP contribution in [0, 0.1) is 0 Å². The molecule has 0 aromatic heterocycles.